The summed E-state index contributed by atoms with van der Waals surface area (Å²) in [6.45, 7) is 3.74. The van der Waals surface area contributed by atoms with Gasteiger partial charge in [0.1, 0.15) is 0 Å². The summed E-state index contributed by atoms with van der Waals surface area (Å²) < 4.78 is 0. The summed E-state index contributed by atoms with van der Waals surface area (Å²) in [5.41, 5.74) is 0.241. The number of carbonyl (C=O) groups excluding carboxylic acids is 1. The van der Waals surface area contributed by atoms with Crippen LogP contribution < -0.4 is 0 Å². The Morgan fingerprint density at radius 2 is 2.17 bits per heavy atom. The van der Waals surface area contributed by atoms with Crippen LogP contribution in [-0.2, 0) is 9.59 Å². The second-order valence-electron chi connectivity index (χ2n) is 3.35. The number of carbonyl (C=O) groups is 2. The van der Waals surface area contributed by atoms with Gasteiger partial charge in [-0.05, 0) is 18.4 Å². The zero-order valence-corrected chi connectivity index (χ0v) is 7.20. The Balaban J connectivity index is 2.89. The predicted octanol–water partition coefficient (Wildman–Crippen LogP) is 1.24. The van der Waals surface area contributed by atoms with Gasteiger partial charge in [0.2, 0.25) is 0 Å². The van der Waals surface area contributed by atoms with Crippen LogP contribution in [0.3, 0.4) is 0 Å². The van der Waals surface area contributed by atoms with E-state index < -0.39 is 5.97 Å². The molecule has 0 aromatic heterocycles. The average molecular weight is 168 g/mol. The second kappa shape index (κ2) is 3.09. The van der Waals surface area contributed by atoms with Crippen molar-refractivity contribution in [2.45, 2.75) is 20.3 Å². The molecule has 0 radical (unpaired) electrons. The maximum Gasteiger partial charge on any atom is 0.331 e. The van der Waals surface area contributed by atoms with Crippen molar-refractivity contribution >= 4 is 11.8 Å². The Labute approximate surface area is 71.1 Å². The molecule has 0 heterocycles. The lowest BCUT2D eigenvalue weighted by molar-refractivity contribution is -0.134. The first kappa shape index (κ1) is 8.97. The third-order valence-corrected chi connectivity index (χ3v) is 2.44. The Kier molecular flexibility index (Phi) is 2.31. The predicted molar refractivity (Wildman–Crippen MR) is 43.7 cm³/mol. The maximum atomic E-state index is 11.2. The van der Waals surface area contributed by atoms with Crippen molar-refractivity contribution < 1.29 is 14.7 Å². The molecular weight excluding hydrogens is 156 g/mol. The minimum absolute atomic E-state index is 0.0342. The van der Waals surface area contributed by atoms with Crippen molar-refractivity contribution in [3.63, 3.8) is 0 Å². The molecule has 3 nitrogen and oxygen atoms in total. The fraction of sp³-hybridized carbons (Fsp3) is 0.556. The van der Waals surface area contributed by atoms with Gasteiger partial charge in [-0.2, -0.15) is 0 Å². The third-order valence-electron chi connectivity index (χ3n) is 2.44. The molecule has 1 aliphatic carbocycles. The number of hydrogen-bond donors (Lipinski definition) is 1. The molecule has 0 aliphatic heterocycles. The van der Waals surface area contributed by atoms with Gasteiger partial charge < -0.3 is 5.11 Å². The van der Waals surface area contributed by atoms with E-state index in [-0.39, 0.29) is 23.2 Å². The highest BCUT2D eigenvalue weighted by Crippen LogP contribution is 2.26. The summed E-state index contributed by atoms with van der Waals surface area (Å²) in [5, 5.41) is 8.64. The van der Waals surface area contributed by atoms with Crippen molar-refractivity contribution in [1.29, 1.82) is 0 Å². The molecule has 0 saturated carbocycles. The summed E-state index contributed by atoms with van der Waals surface area (Å²) in [6.07, 6.45) is 1.76. The van der Waals surface area contributed by atoms with Gasteiger partial charge in [0.15, 0.2) is 5.78 Å². The molecule has 3 heteroatoms. The number of ketones is 1. The van der Waals surface area contributed by atoms with Crippen LogP contribution in [0.1, 0.15) is 20.3 Å². The normalized spacial score (nSPS) is 29.8. The lowest BCUT2D eigenvalue weighted by Gasteiger charge is -2.22. The highest BCUT2D eigenvalue weighted by atomic mass is 16.4. The van der Waals surface area contributed by atoms with Crippen molar-refractivity contribution in [3.05, 3.63) is 11.6 Å². The molecule has 0 bridgehead atoms. The standard InChI is InChI=1S/C9H12O3/c1-5-3-7(9(11)12)4-8(10)6(5)2/h4-6H,3H2,1-2H3,(H,11,12). The second-order valence-corrected chi connectivity index (χ2v) is 3.35. The first-order valence-electron chi connectivity index (χ1n) is 4.00. The molecule has 1 N–H and O–H groups in total. The number of hydrogen-bond acceptors (Lipinski definition) is 2. The maximum absolute atomic E-state index is 11.2. The monoisotopic (exact) mass is 168 g/mol. The van der Waals surface area contributed by atoms with E-state index in [9.17, 15) is 9.59 Å². The number of carboxylic acids is 1. The van der Waals surface area contributed by atoms with Gasteiger partial charge in [-0.1, -0.05) is 13.8 Å². The topological polar surface area (TPSA) is 54.4 Å². The molecule has 0 fully saturated rings. The summed E-state index contributed by atoms with van der Waals surface area (Å²) in [7, 11) is 0. The summed E-state index contributed by atoms with van der Waals surface area (Å²) in [6, 6.07) is 0. The molecule has 12 heavy (non-hydrogen) atoms. The fourth-order valence-corrected chi connectivity index (χ4v) is 1.32. The molecule has 2 atom stereocenters. The van der Waals surface area contributed by atoms with E-state index in [2.05, 4.69) is 0 Å². The van der Waals surface area contributed by atoms with Crippen molar-refractivity contribution in [3.8, 4) is 0 Å². The summed E-state index contributed by atoms with van der Waals surface area (Å²) in [5.74, 6) is -0.921. The summed E-state index contributed by atoms with van der Waals surface area (Å²) >= 11 is 0. The van der Waals surface area contributed by atoms with Crippen molar-refractivity contribution in [2.24, 2.45) is 11.8 Å². The number of aliphatic carboxylic acids is 1. The van der Waals surface area contributed by atoms with Crippen LogP contribution in [0.5, 0.6) is 0 Å². The van der Waals surface area contributed by atoms with Crippen LogP contribution in [0.2, 0.25) is 0 Å². The first-order chi connectivity index (χ1) is 5.52. The van der Waals surface area contributed by atoms with Gasteiger partial charge in [0.05, 0.1) is 0 Å². The van der Waals surface area contributed by atoms with Crippen LogP contribution in [0.25, 0.3) is 0 Å². The van der Waals surface area contributed by atoms with E-state index in [1.54, 1.807) is 0 Å². The molecule has 0 spiro atoms. The van der Waals surface area contributed by atoms with E-state index >= 15 is 0 Å². The van der Waals surface area contributed by atoms with E-state index in [0.29, 0.717) is 6.42 Å². The van der Waals surface area contributed by atoms with Gasteiger partial charge in [0.25, 0.3) is 0 Å². The van der Waals surface area contributed by atoms with Crippen molar-refractivity contribution in [2.75, 3.05) is 0 Å². The van der Waals surface area contributed by atoms with Crippen LogP contribution in [0, 0.1) is 11.8 Å². The van der Waals surface area contributed by atoms with E-state index in [4.69, 9.17) is 5.11 Å². The van der Waals surface area contributed by atoms with Crippen LogP contribution in [0.4, 0.5) is 0 Å². The Hall–Kier alpha value is -1.12. The minimum atomic E-state index is -0.970. The Morgan fingerprint density at radius 3 is 2.58 bits per heavy atom. The molecular formula is C9H12O3. The Bertz CT molecular complexity index is 252. The zero-order valence-electron chi connectivity index (χ0n) is 7.20. The highest BCUT2D eigenvalue weighted by Gasteiger charge is 2.27. The summed E-state index contributed by atoms with van der Waals surface area (Å²) in [4.78, 5) is 21.7. The van der Waals surface area contributed by atoms with Crippen LogP contribution >= 0.6 is 0 Å². The van der Waals surface area contributed by atoms with Gasteiger partial charge in [-0.3, -0.25) is 4.79 Å². The van der Waals surface area contributed by atoms with Gasteiger partial charge in [-0.15, -0.1) is 0 Å². The van der Waals surface area contributed by atoms with Gasteiger partial charge in [-0.25, -0.2) is 4.79 Å². The molecule has 1 rings (SSSR count). The van der Waals surface area contributed by atoms with E-state index in [0.717, 1.165) is 0 Å². The number of allylic oxidation sites excluding steroid dienone is 1. The number of rotatable bonds is 1. The average Bonchev–Trinajstić information content (AvgIpc) is 1.99. The largest absolute Gasteiger partial charge is 0.478 e. The molecule has 1 aliphatic rings. The third kappa shape index (κ3) is 1.55. The molecule has 0 aromatic carbocycles. The number of carboxylic acid groups (broad SMARTS) is 1. The lowest BCUT2D eigenvalue weighted by atomic mass is 9.81. The minimum Gasteiger partial charge on any atom is -0.478 e. The van der Waals surface area contributed by atoms with Gasteiger partial charge >= 0.3 is 5.97 Å². The van der Waals surface area contributed by atoms with Crippen molar-refractivity contribution in [1.82, 2.24) is 0 Å². The van der Waals surface area contributed by atoms with E-state index in [1.807, 2.05) is 13.8 Å². The molecule has 66 valence electrons. The molecule has 0 aromatic rings. The smallest absolute Gasteiger partial charge is 0.331 e. The molecule has 0 amide bonds. The molecule has 2 unspecified atom stereocenters. The van der Waals surface area contributed by atoms with Gasteiger partial charge in [0, 0.05) is 11.5 Å². The first-order valence-corrected chi connectivity index (χ1v) is 4.00. The van der Waals surface area contributed by atoms with E-state index in [1.165, 1.54) is 6.08 Å². The van der Waals surface area contributed by atoms with Crippen LogP contribution in [-0.4, -0.2) is 16.9 Å². The molecule has 0 saturated heterocycles. The highest BCUT2D eigenvalue weighted by molar-refractivity contribution is 6.01. The lowest BCUT2D eigenvalue weighted by Crippen LogP contribution is -2.24. The SMILES string of the molecule is CC1CC(C(=O)O)=CC(=O)C1C. The zero-order chi connectivity index (χ0) is 9.30. The quantitative estimate of drug-likeness (QED) is 0.641. The fourth-order valence-electron chi connectivity index (χ4n) is 1.32. The Morgan fingerprint density at radius 1 is 1.58 bits per heavy atom. The van der Waals surface area contributed by atoms with Crippen LogP contribution in [0.15, 0.2) is 11.6 Å².